The van der Waals surface area contributed by atoms with Gasteiger partial charge in [0, 0.05) is 11.8 Å². The lowest BCUT2D eigenvalue weighted by Gasteiger charge is -2.31. The zero-order valence-corrected chi connectivity index (χ0v) is 9.31. The molecule has 74 valence electrons. The number of hydrogen-bond donors (Lipinski definition) is 0. The van der Waals surface area contributed by atoms with Gasteiger partial charge in [0.15, 0.2) is 0 Å². The summed E-state index contributed by atoms with van der Waals surface area (Å²) in [6.07, 6.45) is 2.58. The maximum absolute atomic E-state index is 8.59. The molecular weight excluding hydrogens is 180 g/mol. The summed E-state index contributed by atoms with van der Waals surface area (Å²) in [5.74, 6) is 0. The van der Waals surface area contributed by atoms with Crippen molar-refractivity contribution in [3.63, 3.8) is 0 Å². The van der Waals surface area contributed by atoms with E-state index in [1.54, 1.807) is 0 Å². The zero-order valence-electron chi connectivity index (χ0n) is 8.49. The van der Waals surface area contributed by atoms with Crippen molar-refractivity contribution < 1.29 is 0 Å². The standard InChI is InChI=1S/C10H18N2S/c1-9(2)13-10-4-3-6-12(8-10)7-5-11/h9-10H,3-4,6-8H2,1-2H3. The summed E-state index contributed by atoms with van der Waals surface area (Å²) in [4.78, 5) is 2.27. The molecule has 0 saturated carbocycles. The summed E-state index contributed by atoms with van der Waals surface area (Å²) in [5.41, 5.74) is 0. The molecule has 1 rings (SSSR count). The van der Waals surface area contributed by atoms with Gasteiger partial charge in [-0.1, -0.05) is 13.8 Å². The van der Waals surface area contributed by atoms with Crippen LogP contribution in [0, 0.1) is 11.3 Å². The number of hydrogen-bond acceptors (Lipinski definition) is 3. The van der Waals surface area contributed by atoms with Crippen LogP contribution >= 0.6 is 11.8 Å². The van der Waals surface area contributed by atoms with Crippen molar-refractivity contribution in [3.8, 4) is 6.07 Å². The predicted molar refractivity (Wildman–Crippen MR) is 57.8 cm³/mol. The molecular formula is C10H18N2S. The quantitative estimate of drug-likeness (QED) is 0.650. The fourth-order valence-corrected chi connectivity index (χ4v) is 3.12. The first-order chi connectivity index (χ1) is 6.22. The van der Waals surface area contributed by atoms with Gasteiger partial charge >= 0.3 is 0 Å². The molecule has 1 heterocycles. The molecule has 1 fully saturated rings. The third-order valence-electron chi connectivity index (χ3n) is 2.22. The van der Waals surface area contributed by atoms with Gasteiger partial charge in [-0.25, -0.2) is 0 Å². The van der Waals surface area contributed by atoms with Gasteiger partial charge in [-0.3, -0.25) is 4.90 Å². The lowest BCUT2D eigenvalue weighted by Crippen LogP contribution is -2.37. The predicted octanol–water partition coefficient (Wildman–Crippen LogP) is 2.12. The topological polar surface area (TPSA) is 27.0 Å². The number of piperidine rings is 1. The molecule has 0 N–H and O–H groups in total. The Morgan fingerprint density at radius 2 is 2.38 bits per heavy atom. The molecule has 0 spiro atoms. The van der Waals surface area contributed by atoms with Crippen LogP contribution in [0.15, 0.2) is 0 Å². The van der Waals surface area contributed by atoms with Gasteiger partial charge in [0.2, 0.25) is 0 Å². The first-order valence-electron chi connectivity index (χ1n) is 4.97. The Labute approximate surface area is 85.3 Å². The summed E-state index contributed by atoms with van der Waals surface area (Å²) in [6.45, 7) is 7.32. The Balaban J connectivity index is 2.29. The Morgan fingerprint density at radius 3 is 3.00 bits per heavy atom. The summed E-state index contributed by atoms with van der Waals surface area (Å²) < 4.78 is 0. The molecule has 1 atom stereocenters. The highest BCUT2D eigenvalue weighted by Gasteiger charge is 2.20. The van der Waals surface area contributed by atoms with Gasteiger partial charge in [-0.05, 0) is 24.6 Å². The van der Waals surface area contributed by atoms with Crippen molar-refractivity contribution >= 4 is 11.8 Å². The molecule has 0 aromatic rings. The van der Waals surface area contributed by atoms with Crippen molar-refractivity contribution in [1.82, 2.24) is 4.90 Å². The fourth-order valence-electron chi connectivity index (χ4n) is 1.75. The van der Waals surface area contributed by atoms with E-state index in [2.05, 4.69) is 36.6 Å². The molecule has 13 heavy (non-hydrogen) atoms. The molecule has 0 aliphatic carbocycles. The summed E-state index contributed by atoms with van der Waals surface area (Å²) in [7, 11) is 0. The van der Waals surface area contributed by atoms with Crippen molar-refractivity contribution in [1.29, 1.82) is 5.26 Å². The Bertz CT molecular complexity index is 186. The summed E-state index contributed by atoms with van der Waals surface area (Å²) in [6, 6.07) is 2.23. The summed E-state index contributed by atoms with van der Waals surface area (Å²) in [5, 5.41) is 10.1. The molecule has 0 aromatic heterocycles. The van der Waals surface area contributed by atoms with Gasteiger partial charge < -0.3 is 0 Å². The SMILES string of the molecule is CC(C)SC1CCCN(CC#N)C1. The molecule has 0 bridgehead atoms. The van der Waals surface area contributed by atoms with Gasteiger partial charge in [0.05, 0.1) is 12.6 Å². The van der Waals surface area contributed by atoms with E-state index in [-0.39, 0.29) is 0 Å². The minimum absolute atomic E-state index is 0.606. The molecule has 1 saturated heterocycles. The second-order valence-electron chi connectivity index (χ2n) is 3.84. The van der Waals surface area contributed by atoms with E-state index >= 15 is 0 Å². The third-order valence-corrected chi connectivity index (χ3v) is 3.54. The molecule has 1 aliphatic rings. The minimum Gasteiger partial charge on any atom is -0.289 e. The van der Waals surface area contributed by atoms with Crippen molar-refractivity contribution in [3.05, 3.63) is 0 Å². The third kappa shape index (κ3) is 4.02. The van der Waals surface area contributed by atoms with Crippen molar-refractivity contribution in [2.24, 2.45) is 0 Å². The molecule has 2 nitrogen and oxygen atoms in total. The van der Waals surface area contributed by atoms with Gasteiger partial charge in [0.1, 0.15) is 0 Å². The maximum Gasteiger partial charge on any atom is 0.0866 e. The smallest absolute Gasteiger partial charge is 0.0866 e. The van der Waals surface area contributed by atoms with Crippen LogP contribution in [0.3, 0.4) is 0 Å². The zero-order chi connectivity index (χ0) is 9.68. The Hall–Kier alpha value is -0.200. The molecule has 1 unspecified atom stereocenters. The Morgan fingerprint density at radius 1 is 1.62 bits per heavy atom. The van der Waals surface area contributed by atoms with E-state index < -0.39 is 0 Å². The van der Waals surface area contributed by atoms with Crippen LogP contribution in [-0.2, 0) is 0 Å². The number of rotatable bonds is 3. The fraction of sp³-hybridized carbons (Fsp3) is 0.900. The van der Waals surface area contributed by atoms with E-state index in [1.807, 2.05) is 0 Å². The van der Waals surface area contributed by atoms with Gasteiger partial charge in [-0.2, -0.15) is 17.0 Å². The van der Waals surface area contributed by atoms with E-state index in [4.69, 9.17) is 5.26 Å². The first-order valence-corrected chi connectivity index (χ1v) is 5.91. The van der Waals surface area contributed by atoms with Crippen LogP contribution in [0.1, 0.15) is 26.7 Å². The van der Waals surface area contributed by atoms with Crippen LogP contribution in [0.5, 0.6) is 0 Å². The number of nitrogens with zero attached hydrogens (tertiary/aromatic N) is 2. The van der Waals surface area contributed by atoms with E-state index in [0.29, 0.717) is 11.8 Å². The van der Waals surface area contributed by atoms with E-state index in [0.717, 1.165) is 18.3 Å². The lowest BCUT2D eigenvalue weighted by atomic mass is 10.1. The number of likely N-dealkylation sites (tertiary alicyclic amines) is 1. The van der Waals surface area contributed by atoms with Crippen LogP contribution in [0.25, 0.3) is 0 Å². The second kappa shape index (κ2) is 5.51. The van der Waals surface area contributed by atoms with Gasteiger partial charge in [0.25, 0.3) is 0 Å². The number of thioether (sulfide) groups is 1. The Kier molecular flexibility index (Phi) is 4.61. The average molecular weight is 198 g/mol. The first kappa shape index (κ1) is 10.9. The summed E-state index contributed by atoms with van der Waals surface area (Å²) >= 11 is 2.05. The normalized spacial score (nSPS) is 24.6. The monoisotopic (exact) mass is 198 g/mol. The van der Waals surface area contributed by atoms with Crippen LogP contribution in [-0.4, -0.2) is 35.0 Å². The largest absolute Gasteiger partial charge is 0.289 e. The lowest BCUT2D eigenvalue weighted by molar-refractivity contribution is 0.260. The second-order valence-corrected chi connectivity index (χ2v) is 5.72. The molecule has 0 aromatic carbocycles. The van der Waals surface area contributed by atoms with Crippen molar-refractivity contribution in [2.75, 3.05) is 19.6 Å². The highest BCUT2D eigenvalue weighted by atomic mass is 32.2. The molecule has 0 amide bonds. The number of nitriles is 1. The van der Waals surface area contributed by atoms with Crippen LogP contribution in [0.2, 0.25) is 0 Å². The van der Waals surface area contributed by atoms with Crippen molar-refractivity contribution in [2.45, 2.75) is 37.2 Å². The van der Waals surface area contributed by atoms with Crippen LogP contribution in [0.4, 0.5) is 0 Å². The van der Waals surface area contributed by atoms with E-state index in [1.165, 1.54) is 12.8 Å². The highest BCUT2D eigenvalue weighted by molar-refractivity contribution is 8.00. The molecule has 1 aliphatic heterocycles. The van der Waals surface area contributed by atoms with Crippen LogP contribution < -0.4 is 0 Å². The highest BCUT2D eigenvalue weighted by Crippen LogP contribution is 2.25. The van der Waals surface area contributed by atoms with E-state index in [9.17, 15) is 0 Å². The van der Waals surface area contributed by atoms with Gasteiger partial charge in [-0.15, -0.1) is 0 Å². The molecule has 0 radical (unpaired) electrons. The molecule has 3 heteroatoms. The maximum atomic E-state index is 8.59. The minimum atomic E-state index is 0.606. The average Bonchev–Trinajstić information content (AvgIpc) is 2.04.